The number of carboxylic acids is 1. The average molecular weight is 333 g/mol. The number of carbonyl (C=O) groups excluding carboxylic acids is 1. The van der Waals surface area contributed by atoms with Gasteiger partial charge in [0.2, 0.25) is 0 Å². The standard InChI is InChI=1S/C17H23N3O4/c18-9-12-1-3-14(4-2-12)20-11-15(24-17(20)23)10-19-7-5-13(6-8-19)16(21)22/h1-4,13,15H,5-11,18H2,(H,21,22). The van der Waals surface area contributed by atoms with Gasteiger partial charge in [-0.25, -0.2) is 4.79 Å². The second kappa shape index (κ2) is 7.19. The summed E-state index contributed by atoms with van der Waals surface area (Å²) < 4.78 is 5.47. The quantitative estimate of drug-likeness (QED) is 0.842. The Hall–Kier alpha value is -2.12. The maximum absolute atomic E-state index is 12.1. The molecular formula is C17H23N3O4. The van der Waals surface area contributed by atoms with E-state index in [4.69, 9.17) is 15.6 Å². The third kappa shape index (κ3) is 3.68. The van der Waals surface area contributed by atoms with E-state index in [1.807, 2.05) is 24.3 Å². The number of carboxylic acid groups (broad SMARTS) is 1. The molecule has 0 radical (unpaired) electrons. The topological polar surface area (TPSA) is 96.1 Å². The van der Waals surface area contributed by atoms with E-state index in [9.17, 15) is 9.59 Å². The van der Waals surface area contributed by atoms with Crippen molar-refractivity contribution in [1.82, 2.24) is 4.90 Å². The van der Waals surface area contributed by atoms with Crippen LogP contribution in [-0.2, 0) is 16.1 Å². The van der Waals surface area contributed by atoms with Crippen LogP contribution in [0.15, 0.2) is 24.3 Å². The molecule has 0 aromatic heterocycles. The monoisotopic (exact) mass is 333 g/mol. The first-order valence-corrected chi connectivity index (χ1v) is 8.29. The smallest absolute Gasteiger partial charge is 0.414 e. The van der Waals surface area contributed by atoms with Gasteiger partial charge >= 0.3 is 12.1 Å². The molecule has 2 aliphatic heterocycles. The number of nitrogens with zero attached hydrogens (tertiary/aromatic N) is 2. The first kappa shape index (κ1) is 16.7. The minimum absolute atomic E-state index is 0.187. The number of aliphatic carboxylic acids is 1. The van der Waals surface area contributed by atoms with E-state index < -0.39 is 5.97 Å². The number of cyclic esters (lactones) is 1. The normalized spacial score (nSPS) is 22.6. The summed E-state index contributed by atoms with van der Waals surface area (Å²) in [5, 5.41) is 9.04. The van der Waals surface area contributed by atoms with Crippen molar-refractivity contribution in [2.45, 2.75) is 25.5 Å². The number of hydrogen-bond acceptors (Lipinski definition) is 5. The number of benzene rings is 1. The zero-order valence-electron chi connectivity index (χ0n) is 13.6. The Labute approximate surface area is 141 Å². The molecule has 2 heterocycles. The van der Waals surface area contributed by atoms with Crippen LogP contribution < -0.4 is 10.6 Å². The number of rotatable bonds is 5. The molecule has 1 aromatic rings. The van der Waals surface area contributed by atoms with Crippen LogP contribution in [0, 0.1) is 5.92 Å². The maximum Gasteiger partial charge on any atom is 0.414 e. The minimum Gasteiger partial charge on any atom is -0.481 e. The molecule has 130 valence electrons. The van der Waals surface area contributed by atoms with Gasteiger partial charge in [0.1, 0.15) is 6.10 Å². The number of piperidine rings is 1. The molecular weight excluding hydrogens is 310 g/mol. The molecule has 1 amide bonds. The van der Waals surface area contributed by atoms with Crippen LogP contribution in [0.1, 0.15) is 18.4 Å². The second-order valence-electron chi connectivity index (χ2n) is 6.40. The predicted molar refractivity (Wildman–Crippen MR) is 88.7 cm³/mol. The van der Waals surface area contributed by atoms with Crippen LogP contribution in [-0.4, -0.2) is 54.4 Å². The lowest BCUT2D eigenvalue weighted by Gasteiger charge is -2.31. The summed E-state index contributed by atoms with van der Waals surface area (Å²) in [7, 11) is 0. The van der Waals surface area contributed by atoms with Crippen LogP contribution in [0.25, 0.3) is 0 Å². The number of carbonyl (C=O) groups is 2. The van der Waals surface area contributed by atoms with E-state index in [0.29, 0.717) is 32.5 Å². The molecule has 0 spiro atoms. The van der Waals surface area contributed by atoms with Gasteiger partial charge < -0.3 is 15.6 Å². The van der Waals surface area contributed by atoms with Crippen molar-refractivity contribution in [1.29, 1.82) is 0 Å². The van der Waals surface area contributed by atoms with Crippen molar-refractivity contribution in [3.8, 4) is 0 Å². The highest BCUT2D eigenvalue weighted by molar-refractivity contribution is 5.89. The van der Waals surface area contributed by atoms with Crippen LogP contribution >= 0.6 is 0 Å². The lowest BCUT2D eigenvalue weighted by molar-refractivity contribution is -0.143. The van der Waals surface area contributed by atoms with Crippen molar-refractivity contribution in [2.75, 3.05) is 31.1 Å². The van der Waals surface area contributed by atoms with Crippen LogP contribution in [0.4, 0.5) is 10.5 Å². The van der Waals surface area contributed by atoms with Gasteiger partial charge in [-0.3, -0.25) is 14.6 Å². The van der Waals surface area contributed by atoms with Gasteiger partial charge in [-0.1, -0.05) is 12.1 Å². The largest absolute Gasteiger partial charge is 0.481 e. The number of hydrogen-bond donors (Lipinski definition) is 2. The number of amides is 1. The molecule has 7 heteroatoms. The summed E-state index contributed by atoms with van der Waals surface area (Å²) in [6.07, 6.45) is 0.787. The first-order valence-electron chi connectivity index (χ1n) is 8.29. The van der Waals surface area contributed by atoms with E-state index in [1.54, 1.807) is 4.90 Å². The Bertz CT molecular complexity index is 596. The fraction of sp³-hybridized carbons (Fsp3) is 0.529. The van der Waals surface area contributed by atoms with Crippen molar-refractivity contribution in [2.24, 2.45) is 11.7 Å². The first-order chi connectivity index (χ1) is 11.6. The predicted octanol–water partition coefficient (Wildman–Crippen LogP) is 1.27. The lowest BCUT2D eigenvalue weighted by atomic mass is 9.97. The molecule has 7 nitrogen and oxygen atoms in total. The molecule has 0 saturated carbocycles. The molecule has 2 aliphatic rings. The zero-order valence-corrected chi connectivity index (χ0v) is 13.6. The Kier molecular flexibility index (Phi) is 5.01. The lowest BCUT2D eigenvalue weighted by Crippen LogP contribution is -2.41. The van der Waals surface area contributed by atoms with Gasteiger partial charge in [0.15, 0.2) is 0 Å². The summed E-state index contributed by atoms with van der Waals surface area (Å²) in [6, 6.07) is 7.58. The molecule has 2 fully saturated rings. The highest BCUT2D eigenvalue weighted by atomic mass is 16.6. The minimum atomic E-state index is -0.714. The maximum atomic E-state index is 12.1. The fourth-order valence-corrected chi connectivity index (χ4v) is 3.29. The number of ether oxygens (including phenoxy) is 1. The average Bonchev–Trinajstić information content (AvgIpc) is 2.95. The Morgan fingerprint density at radius 2 is 1.92 bits per heavy atom. The second-order valence-corrected chi connectivity index (χ2v) is 6.40. The Balaban J connectivity index is 1.54. The molecule has 3 N–H and O–H groups in total. The van der Waals surface area contributed by atoms with E-state index >= 15 is 0 Å². The molecule has 1 unspecified atom stereocenters. The van der Waals surface area contributed by atoms with Crippen molar-refractivity contribution in [3.05, 3.63) is 29.8 Å². The molecule has 24 heavy (non-hydrogen) atoms. The highest BCUT2D eigenvalue weighted by Crippen LogP contribution is 2.24. The Morgan fingerprint density at radius 1 is 1.25 bits per heavy atom. The number of nitrogens with two attached hydrogens (primary N) is 1. The molecule has 2 saturated heterocycles. The van der Waals surface area contributed by atoms with Crippen LogP contribution in [0.5, 0.6) is 0 Å². The van der Waals surface area contributed by atoms with Gasteiger partial charge in [-0.2, -0.15) is 0 Å². The third-order valence-corrected chi connectivity index (χ3v) is 4.76. The van der Waals surface area contributed by atoms with Crippen LogP contribution in [0.2, 0.25) is 0 Å². The number of likely N-dealkylation sites (tertiary alicyclic amines) is 1. The molecule has 1 aromatic carbocycles. The summed E-state index contributed by atoms with van der Waals surface area (Å²) in [5.74, 6) is -0.959. The van der Waals surface area contributed by atoms with Gasteiger partial charge in [0.05, 0.1) is 12.5 Å². The fourth-order valence-electron chi connectivity index (χ4n) is 3.29. The van der Waals surface area contributed by atoms with E-state index in [2.05, 4.69) is 4.90 Å². The van der Waals surface area contributed by atoms with E-state index in [-0.39, 0.29) is 18.1 Å². The zero-order chi connectivity index (χ0) is 17.1. The van der Waals surface area contributed by atoms with Gasteiger partial charge in [0, 0.05) is 18.8 Å². The Morgan fingerprint density at radius 3 is 2.50 bits per heavy atom. The van der Waals surface area contributed by atoms with Gasteiger partial charge in [0.25, 0.3) is 0 Å². The molecule has 0 bridgehead atoms. The van der Waals surface area contributed by atoms with Gasteiger partial charge in [-0.15, -0.1) is 0 Å². The summed E-state index contributed by atoms with van der Waals surface area (Å²) in [4.78, 5) is 26.9. The van der Waals surface area contributed by atoms with Crippen molar-refractivity contribution < 1.29 is 19.4 Å². The summed E-state index contributed by atoms with van der Waals surface area (Å²) in [5.41, 5.74) is 7.42. The summed E-state index contributed by atoms with van der Waals surface area (Å²) >= 11 is 0. The molecule has 0 aliphatic carbocycles. The van der Waals surface area contributed by atoms with Crippen LogP contribution in [0.3, 0.4) is 0 Å². The third-order valence-electron chi connectivity index (χ3n) is 4.76. The summed E-state index contributed by atoms with van der Waals surface area (Å²) in [6.45, 7) is 3.10. The van der Waals surface area contributed by atoms with E-state index in [1.165, 1.54) is 0 Å². The molecule has 1 atom stereocenters. The highest BCUT2D eigenvalue weighted by Gasteiger charge is 2.34. The molecule has 3 rings (SSSR count). The van der Waals surface area contributed by atoms with E-state index in [0.717, 1.165) is 24.3 Å². The van der Waals surface area contributed by atoms with Gasteiger partial charge in [-0.05, 0) is 43.6 Å². The van der Waals surface area contributed by atoms with Crippen molar-refractivity contribution in [3.63, 3.8) is 0 Å². The number of anilines is 1. The SMILES string of the molecule is NCc1ccc(N2CC(CN3CCC(C(=O)O)CC3)OC2=O)cc1. The van der Waals surface area contributed by atoms with Crippen molar-refractivity contribution >= 4 is 17.7 Å².